The Bertz CT molecular complexity index is 142. The zero-order valence-corrected chi connectivity index (χ0v) is 6.07. The molecule has 0 saturated heterocycles. The Kier molecular flexibility index (Phi) is 13.5. The molecular weight excluding hydrogens is 151 g/mol. The molecule has 11 heavy (non-hydrogen) atoms. The number of aliphatic carboxylic acids is 3. The molecule has 0 saturated carbocycles. The minimum atomic E-state index is -1.82. The summed E-state index contributed by atoms with van der Waals surface area (Å²) in [6.45, 7) is 1.08. The van der Waals surface area contributed by atoms with Crippen molar-refractivity contribution in [3.63, 3.8) is 0 Å². The second-order valence-corrected chi connectivity index (χ2v) is 1.13. The average molecular weight is 158 g/mol. The third kappa shape index (κ3) is 48.9. The van der Waals surface area contributed by atoms with Crippen molar-refractivity contribution in [2.45, 2.75) is 6.92 Å². The molecular formula is C4H7LiO6. The smallest absolute Gasteiger partial charge is 1.00 e. The van der Waals surface area contributed by atoms with Crippen LogP contribution >= 0.6 is 0 Å². The van der Waals surface area contributed by atoms with Gasteiger partial charge in [0.05, 0.1) is 0 Å². The van der Waals surface area contributed by atoms with E-state index >= 15 is 0 Å². The van der Waals surface area contributed by atoms with Gasteiger partial charge in [0.1, 0.15) is 0 Å². The van der Waals surface area contributed by atoms with Crippen molar-refractivity contribution in [1.29, 1.82) is 0 Å². The van der Waals surface area contributed by atoms with E-state index in [4.69, 9.17) is 29.7 Å². The number of carboxylic acids is 3. The molecule has 7 heteroatoms. The van der Waals surface area contributed by atoms with E-state index < -0.39 is 17.9 Å². The first kappa shape index (κ1) is 16.5. The van der Waals surface area contributed by atoms with Crippen LogP contribution in [-0.4, -0.2) is 33.2 Å². The first-order valence-electron chi connectivity index (χ1n) is 2.03. The Hall–Kier alpha value is -0.993. The van der Waals surface area contributed by atoms with Gasteiger partial charge >= 0.3 is 30.8 Å². The van der Waals surface area contributed by atoms with Crippen molar-refractivity contribution in [3.05, 3.63) is 0 Å². The van der Waals surface area contributed by atoms with E-state index in [-0.39, 0.29) is 20.3 Å². The van der Waals surface area contributed by atoms with Gasteiger partial charge in [-0.15, -0.1) is 0 Å². The number of carbonyl (C=O) groups is 3. The minimum Gasteiger partial charge on any atom is -1.00 e. The zero-order valence-electron chi connectivity index (χ0n) is 7.07. The van der Waals surface area contributed by atoms with Crippen molar-refractivity contribution < 1.29 is 50.0 Å². The molecule has 0 aromatic carbocycles. The molecule has 3 N–H and O–H groups in total. The van der Waals surface area contributed by atoms with Crippen LogP contribution in [-0.2, 0) is 14.4 Å². The topological polar surface area (TPSA) is 112 Å². The summed E-state index contributed by atoms with van der Waals surface area (Å²) in [6.07, 6.45) is 0. The molecule has 0 radical (unpaired) electrons. The third-order valence-electron chi connectivity index (χ3n) is 0.183. The van der Waals surface area contributed by atoms with Crippen LogP contribution < -0.4 is 18.9 Å². The van der Waals surface area contributed by atoms with Crippen molar-refractivity contribution in [2.75, 3.05) is 0 Å². The molecule has 0 amide bonds. The molecule has 0 unspecified atom stereocenters. The standard InChI is InChI=1S/C2H2O4.C2H4O2.Li.H/c3-1(4)2(5)6;1-2(3)4;;/h(H,3,4)(H,5,6);1H3,(H,3,4);;/q;;+1;-1. The predicted molar refractivity (Wildman–Crippen MR) is 29.7 cm³/mol. The van der Waals surface area contributed by atoms with Crippen LogP contribution in [0.2, 0.25) is 0 Å². The van der Waals surface area contributed by atoms with Gasteiger partial charge in [0.25, 0.3) is 5.97 Å². The van der Waals surface area contributed by atoms with Gasteiger partial charge < -0.3 is 16.7 Å². The summed E-state index contributed by atoms with van der Waals surface area (Å²) < 4.78 is 0. The Labute approximate surface area is 75.5 Å². The van der Waals surface area contributed by atoms with E-state index in [1.165, 1.54) is 0 Å². The van der Waals surface area contributed by atoms with Crippen molar-refractivity contribution in [3.8, 4) is 0 Å². The monoisotopic (exact) mass is 158 g/mol. The maximum Gasteiger partial charge on any atom is 1.00 e. The summed E-state index contributed by atoms with van der Waals surface area (Å²) in [5.41, 5.74) is 0. The number of hydrogen-bond donors (Lipinski definition) is 3. The van der Waals surface area contributed by atoms with Crippen molar-refractivity contribution in [1.82, 2.24) is 0 Å². The molecule has 0 rings (SSSR count). The van der Waals surface area contributed by atoms with E-state index in [0.717, 1.165) is 6.92 Å². The Morgan fingerprint density at radius 1 is 1.00 bits per heavy atom. The van der Waals surface area contributed by atoms with Gasteiger partial charge in [-0.3, -0.25) is 4.79 Å². The molecule has 0 fully saturated rings. The molecule has 0 bridgehead atoms. The van der Waals surface area contributed by atoms with E-state index in [9.17, 15) is 0 Å². The van der Waals surface area contributed by atoms with Gasteiger partial charge in [0.15, 0.2) is 0 Å². The molecule has 0 heterocycles. The first-order valence-corrected chi connectivity index (χ1v) is 2.03. The largest absolute Gasteiger partial charge is 1.00 e. The van der Waals surface area contributed by atoms with Crippen LogP contribution in [0.3, 0.4) is 0 Å². The van der Waals surface area contributed by atoms with Gasteiger partial charge in [-0.25, -0.2) is 9.59 Å². The molecule has 6 nitrogen and oxygen atoms in total. The van der Waals surface area contributed by atoms with Gasteiger partial charge in [0.2, 0.25) is 0 Å². The quantitative estimate of drug-likeness (QED) is 0.247. The third-order valence-corrected chi connectivity index (χ3v) is 0.183. The normalized spacial score (nSPS) is 6.27. The van der Waals surface area contributed by atoms with Crippen molar-refractivity contribution in [2.24, 2.45) is 0 Å². The summed E-state index contributed by atoms with van der Waals surface area (Å²) in [5.74, 6) is -4.48. The van der Waals surface area contributed by atoms with E-state index in [0.29, 0.717) is 0 Å². The molecule has 0 aliphatic heterocycles. The zero-order chi connectivity index (χ0) is 8.73. The van der Waals surface area contributed by atoms with Gasteiger partial charge in [-0.1, -0.05) is 0 Å². The molecule has 0 aromatic heterocycles. The van der Waals surface area contributed by atoms with E-state index in [2.05, 4.69) is 0 Å². The maximum absolute atomic E-state index is 9.10. The van der Waals surface area contributed by atoms with Gasteiger partial charge in [-0.2, -0.15) is 0 Å². The summed E-state index contributed by atoms with van der Waals surface area (Å²) in [7, 11) is 0. The van der Waals surface area contributed by atoms with Crippen LogP contribution in [0.1, 0.15) is 8.35 Å². The van der Waals surface area contributed by atoms with E-state index in [1.54, 1.807) is 0 Å². The minimum absolute atomic E-state index is 0. The number of rotatable bonds is 0. The van der Waals surface area contributed by atoms with E-state index in [1.807, 2.05) is 0 Å². The number of carboxylic acid groups (broad SMARTS) is 3. The Morgan fingerprint density at radius 3 is 1.09 bits per heavy atom. The fourth-order valence-electron chi connectivity index (χ4n) is 0. The fourth-order valence-corrected chi connectivity index (χ4v) is 0. The molecule has 0 spiro atoms. The SMILES string of the molecule is CC(=O)O.O=C(O)C(=O)O.[H-].[Li+]. The summed E-state index contributed by atoms with van der Waals surface area (Å²) >= 11 is 0. The first-order chi connectivity index (χ1) is 4.37. The van der Waals surface area contributed by atoms with Gasteiger partial charge in [0, 0.05) is 6.92 Å². The summed E-state index contributed by atoms with van der Waals surface area (Å²) in [5, 5.41) is 22.2. The molecule has 0 aliphatic carbocycles. The predicted octanol–water partition coefficient (Wildman–Crippen LogP) is -3.64. The molecule has 60 valence electrons. The summed E-state index contributed by atoms with van der Waals surface area (Å²) in [4.78, 5) is 27.2. The van der Waals surface area contributed by atoms with Crippen LogP contribution in [0.5, 0.6) is 0 Å². The van der Waals surface area contributed by atoms with Crippen LogP contribution in [0.25, 0.3) is 0 Å². The summed E-state index contributed by atoms with van der Waals surface area (Å²) in [6, 6.07) is 0. The molecule has 0 aliphatic rings. The fraction of sp³-hybridized carbons (Fsp3) is 0.250. The number of hydrogen-bond acceptors (Lipinski definition) is 3. The molecule has 0 aromatic rings. The Morgan fingerprint density at radius 2 is 1.09 bits per heavy atom. The second kappa shape index (κ2) is 9.01. The second-order valence-electron chi connectivity index (χ2n) is 1.13. The molecule has 0 atom stereocenters. The van der Waals surface area contributed by atoms with Crippen LogP contribution in [0.4, 0.5) is 0 Å². The maximum atomic E-state index is 9.10. The van der Waals surface area contributed by atoms with Gasteiger partial charge in [-0.05, 0) is 0 Å². The Balaban J connectivity index is -0.0000000483. The van der Waals surface area contributed by atoms with Crippen molar-refractivity contribution >= 4 is 17.9 Å². The average Bonchev–Trinajstić information content (AvgIpc) is 1.63. The van der Waals surface area contributed by atoms with Crippen LogP contribution in [0.15, 0.2) is 0 Å². The van der Waals surface area contributed by atoms with Crippen LogP contribution in [0, 0.1) is 0 Å².